The number of likely N-dealkylation sites (tertiary alicyclic amines) is 1. The number of methoxy groups -OCH3 is 2. The summed E-state index contributed by atoms with van der Waals surface area (Å²) in [7, 11) is 2.96. The number of benzene rings is 2. The number of nitrogens with one attached hydrogen (secondary N) is 1. The molecule has 1 amide bonds. The van der Waals surface area contributed by atoms with Gasteiger partial charge >= 0.3 is 12.1 Å². The molecule has 0 aliphatic carbocycles. The second kappa shape index (κ2) is 13.4. The van der Waals surface area contributed by atoms with Crippen molar-refractivity contribution in [1.29, 1.82) is 0 Å². The lowest BCUT2D eigenvalue weighted by molar-refractivity contribution is -0.142. The summed E-state index contributed by atoms with van der Waals surface area (Å²) in [6.45, 7) is 7.68. The Morgan fingerprint density at radius 3 is 2.50 bits per heavy atom. The van der Waals surface area contributed by atoms with Crippen LogP contribution in [0.25, 0.3) is 22.2 Å². The highest BCUT2D eigenvalue weighted by Gasteiger charge is 2.42. The van der Waals surface area contributed by atoms with E-state index in [2.05, 4.69) is 5.32 Å². The quantitative estimate of drug-likeness (QED) is 0.239. The molecule has 2 aromatic carbocycles. The molecule has 3 aromatic rings. The second-order valence-corrected chi connectivity index (χ2v) is 11.7. The van der Waals surface area contributed by atoms with Crippen molar-refractivity contribution in [3.05, 3.63) is 54.6 Å². The lowest BCUT2D eigenvalue weighted by Crippen LogP contribution is -2.51. The number of rotatable bonds is 9. The predicted octanol–water partition coefficient (Wildman–Crippen LogP) is 5.93. The van der Waals surface area contributed by atoms with E-state index in [1.165, 1.54) is 7.11 Å². The van der Waals surface area contributed by atoms with Gasteiger partial charge in [-0.2, -0.15) is 0 Å². The fraction of sp³-hybridized carbons (Fsp3) is 0.438. The SMILES string of the molecule is CCCC(NC(=S)C1CC(Oc2cc(-c3ccccc3)nc3cc(OC)ccc23)CN1C(=O)OC(C)(C)C)C(=O)OC. The number of pyridine rings is 1. The number of thiocarbonyl (C=S) groups is 1. The molecule has 42 heavy (non-hydrogen) atoms. The van der Waals surface area contributed by atoms with Gasteiger partial charge in [-0.3, -0.25) is 4.90 Å². The van der Waals surface area contributed by atoms with Gasteiger partial charge in [0, 0.05) is 29.5 Å². The normalized spacial score (nSPS) is 17.4. The van der Waals surface area contributed by atoms with Crippen LogP contribution in [0.15, 0.2) is 54.6 Å². The van der Waals surface area contributed by atoms with Gasteiger partial charge in [-0.05, 0) is 39.3 Å². The average molecular weight is 594 g/mol. The minimum atomic E-state index is -0.697. The number of carbonyl (C=O) groups excluding carboxylic acids is 2. The van der Waals surface area contributed by atoms with Crippen molar-refractivity contribution >= 4 is 40.2 Å². The van der Waals surface area contributed by atoms with Crippen LogP contribution in [0.4, 0.5) is 4.79 Å². The van der Waals surface area contributed by atoms with E-state index in [-0.39, 0.29) is 6.54 Å². The molecular formula is C32H39N3O6S. The number of amides is 1. The molecule has 9 nitrogen and oxygen atoms in total. The zero-order valence-corrected chi connectivity index (χ0v) is 25.8. The molecule has 0 radical (unpaired) electrons. The molecule has 224 valence electrons. The number of ether oxygens (including phenoxy) is 4. The molecule has 4 rings (SSSR count). The summed E-state index contributed by atoms with van der Waals surface area (Å²) in [5, 5.41) is 3.96. The zero-order valence-electron chi connectivity index (χ0n) is 25.0. The van der Waals surface area contributed by atoms with Crippen molar-refractivity contribution in [2.24, 2.45) is 0 Å². The van der Waals surface area contributed by atoms with Gasteiger partial charge < -0.3 is 24.3 Å². The third-order valence-corrected chi connectivity index (χ3v) is 7.31. The largest absolute Gasteiger partial charge is 0.497 e. The zero-order chi connectivity index (χ0) is 30.4. The maximum atomic E-state index is 13.3. The number of hydrogen-bond acceptors (Lipinski definition) is 8. The van der Waals surface area contributed by atoms with Crippen LogP contribution < -0.4 is 14.8 Å². The number of esters is 1. The third-order valence-electron chi connectivity index (χ3n) is 6.92. The van der Waals surface area contributed by atoms with E-state index >= 15 is 0 Å². The van der Waals surface area contributed by atoms with Crippen LogP contribution in [0.1, 0.15) is 47.0 Å². The summed E-state index contributed by atoms with van der Waals surface area (Å²) in [6, 6.07) is 16.3. The lowest BCUT2D eigenvalue weighted by atomic mass is 10.1. The van der Waals surface area contributed by atoms with E-state index in [0.29, 0.717) is 29.3 Å². The first kappa shape index (κ1) is 31.0. The molecule has 3 unspecified atom stereocenters. The summed E-state index contributed by atoms with van der Waals surface area (Å²) < 4.78 is 22.8. The molecule has 1 fully saturated rings. The predicted molar refractivity (Wildman–Crippen MR) is 166 cm³/mol. The lowest BCUT2D eigenvalue weighted by Gasteiger charge is -2.30. The van der Waals surface area contributed by atoms with Crippen molar-refractivity contribution in [1.82, 2.24) is 15.2 Å². The number of fused-ring (bicyclic) bond motifs is 1. The standard InChI is InChI=1S/C32H39N3O6S/c1-7-11-24(30(36)39-6)34-29(42)27-17-22(19-35(27)31(37)41-32(2,3)4)40-28-18-25(20-12-9-8-10-13-20)33-26-16-21(38-5)14-15-23(26)28/h8-10,12-16,18,22,24,27H,7,11,17,19H2,1-6H3,(H,34,42). The number of hydrogen-bond donors (Lipinski definition) is 1. The molecule has 1 aliphatic heterocycles. The molecule has 1 saturated heterocycles. The molecule has 1 aromatic heterocycles. The van der Waals surface area contributed by atoms with E-state index in [0.717, 1.165) is 28.6 Å². The fourth-order valence-electron chi connectivity index (χ4n) is 4.94. The van der Waals surface area contributed by atoms with E-state index in [4.69, 9.17) is 36.1 Å². The Balaban J connectivity index is 1.67. The van der Waals surface area contributed by atoms with Crippen LogP contribution in [-0.4, -0.2) is 71.5 Å². The van der Waals surface area contributed by atoms with Gasteiger partial charge in [0.1, 0.15) is 29.2 Å². The van der Waals surface area contributed by atoms with Crippen molar-refractivity contribution in [3.63, 3.8) is 0 Å². The van der Waals surface area contributed by atoms with Crippen molar-refractivity contribution in [2.45, 2.75) is 70.7 Å². The van der Waals surface area contributed by atoms with Gasteiger partial charge in [-0.1, -0.05) is 55.9 Å². The summed E-state index contributed by atoms with van der Waals surface area (Å²) in [5.41, 5.74) is 1.73. The first-order chi connectivity index (χ1) is 20.0. The van der Waals surface area contributed by atoms with Crippen LogP contribution in [0.2, 0.25) is 0 Å². The summed E-state index contributed by atoms with van der Waals surface area (Å²) in [6.07, 6.45) is 0.806. The number of aromatic nitrogens is 1. The molecule has 0 spiro atoms. The van der Waals surface area contributed by atoms with Gasteiger partial charge in [-0.15, -0.1) is 0 Å². The minimum absolute atomic E-state index is 0.249. The van der Waals surface area contributed by atoms with Gasteiger partial charge in [-0.25, -0.2) is 14.6 Å². The Morgan fingerprint density at radius 2 is 1.86 bits per heavy atom. The third kappa shape index (κ3) is 7.47. The van der Waals surface area contributed by atoms with Gasteiger partial charge in [0.05, 0.1) is 43.0 Å². The molecular weight excluding hydrogens is 554 g/mol. The highest BCUT2D eigenvalue weighted by molar-refractivity contribution is 7.80. The van der Waals surface area contributed by atoms with Crippen molar-refractivity contribution in [2.75, 3.05) is 20.8 Å². The molecule has 2 heterocycles. The smallest absolute Gasteiger partial charge is 0.411 e. The summed E-state index contributed by atoms with van der Waals surface area (Å²) in [4.78, 5) is 32.6. The Hall–Kier alpha value is -3.92. The molecule has 1 N–H and O–H groups in total. The van der Waals surface area contributed by atoms with Gasteiger partial charge in [0.15, 0.2) is 0 Å². The van der Waals surface area contributed by atoms with E-state index in [1.807, 2.05) is 82.3 Å². The Labute approximate surface area is 252 Å². The van der Waals surface area contributed by atoms with Crippen molar-refractivity contribution < 1.29 is 28.5 Å². The maximum absolute atomic E-state index is 13.3. The second-order valence-electron chi connectivity index (χ2n) is 11.3. The highest BCUT2D eigenvalue weighted by atomic mass is 32.1. The van der Waals surface area contributed by atoms with Gasteiger partial charge in [0.25, 0.3) is 0 Å². The molecule has 3 atom stereocenters. The van der Waals surface area contributed by atoms with Crippen LogP contribution in [0.5, 0.6) is 11.5 Å². The van der Waals surface area contributed by atoms with Crippen LogP contribution in [0.3, 0.4) is 0 Å². The topological polar surface area (TPSA) is 99.2 Å². The fourth-order valence-corrected chi connectivity index (χ4v) is 5.30. The van der Waals surface area contributed by atoms with Crippen molar-refractivity contribution in [3.8, 4) is 22.8 Å². The van der Waals surface area contributed by atoms with E-state index in [1.54, 1.807) is 12.0 Å². The van der Waals surface area contributed by atoms with E-state index < -0.39 is 35.9 Å². The van der Waals surface area contributed by atoms with Crippen LogP contribution >= 0.6 is 12.2 Å². The Kier molecular flexibility index (Phi) is 9.88. The van der Waals surface area contributed by atoms with Crippen LogP contribution in [-0.2, 0) is 14.3 Å². The number of nitrogens with zero attached hydrogens (tertiary/aromatic N) is 2. The highest BCUT2D eigenvalue weighted by Crippen LogP contribution is 2.35. The minimum Gasteiger partial charge on any atom is -0.497 e. The van der Waals surface area contributed by atoms with Crippen LogP contribution in [0, 0.1) is 0 Å². The first-order valence-corrected chi connectivity index (χ1v) is 14.5. The summed E-state index contributed by atoms with van der Waals surface area (Å²) >= 11 is 5.77. The van der Waals surface area contributed by atoms with Gasteiger partial charge in [0.2, 0.25) is 0 Å². The maximum Gasteiger partial charge on any atom is 0.411 e. The summed E-state index contributed by atoms with van der Waals surface area (Å²) in [5.74, 6) is 0.918. The molecule has 10 heteroatoms. The molecule has 0 bridgehead atoms. The molecule has 0 saturated carbocycles. The first-order valence-electron chi connectivity index (χ1n) is 14.1. The molecule has 1 aliphatic rings. The van der Waals surface area contributed by atoms with E-state index in [9.17, 15) is 9.59 Å². The monoisotopic (exact) mass is 593 g/mol. The average Bonchev–Trinajstić information content (AvgIpc) is 3.40. The Bertz CT molecular complexity index is 1430. The number of carbonyl (C=O) groups is 2. The Morgan fingerprint density at radius 1 is 1.12 bits per heavy atom.